The van der Waals surface area contributed by atoms with Gasteiger partial charge < -0.3 is 10.6 Å². The largest absolute Gasteiger partial charge is 0.365 e. The lowest BCUT2D eigenvalue weighted by Crippen LogP contribution is -2.26. The number of hydrogen-bond acceptors (Lipinski definition) is 4. The van der Waals surface area contributed by atoms with Crippen LogP contribution in [-0.4, -0.2) is 29.2 Å². The van der Waals surface area contributed by atoms with E-state index >= 15 is 0 Å². The molecule has 0 atom stereocenters. The molecule has 2 N–H and O–H groups in total. The summed E-state index contributed by atoms with van der Waals surface area (Å²) < 4.78 is 0. The van der Waals surface area contributed by atoms with Crippen molar-refractivity contribution in [3.05, 3.63) is 42.1 Å². The number of aromatic nitrogens is 2. The summed E-state index contributed by atoms with van der Waals surface area (Å²) in [5.74, 6) is 0.466. The van der Waals surface area contributed by atoms with Gasteiger partial charge in [-0.15, -0.1) is 16.8 Å². The van der Waals surface area contributed by atoms with Crippen molar-refractivity contribution in [2.45, 2.75) is 32.1 Å². The van der Waals surface area contributed by atoms with Crippen molar-refractivity contribution < 1.29 is 4.79 Å². The average molecular weight is 286 g/mol. The maximum Gasteiger partial charge on any atom is 0.271 e. The molecule has 21 heavy (non-hydrogen) atoms. The molecule has 1 aromatic heterocycles. The molecule has 0 saturated carbocycles. The van der Waals surface area contributed by atoms with Crippen LogP contribution in [0.3, 0.4) is 0 Å². The number of hydrogen-bond donors (Lipinski definition) is 2. The summed E-state index contributed by atoms with van der Waals surface area (Å²) in [5.41, 5.74) is 1.80. The number of carbonyl (C=O) groups is 1. The molecule has 0 spiro atoms. The number of carbonyl (C=O) groups excluding carboxylic acids is 1. The van der Waals surface area contributed by atoms with Crippen molar-refractivity contribution in [3.8, 4) is 0 Å². The van der Waals surface area contributed by atoms with Gasteiger partial charge in [0.15, 0.2) is 5.69 Å². The Bertz CT molecular complexity index is 508. The second-order valence-electron chi connectivity index (χ2n) is 5.09. The fraction of sp³-hybridized carbons (Fsp3) is 0.438. The highest BCUT2D eigenvalue weighted by molar-refractivity contribution is 5.92. The number of rotatable bonds is 7. The summed E-state index contributed by atoms with van der Waals surface area (Å²) in [7, 11) is 0. The summed E-state index contributed by atoms with van der Waals surface area (Å²) >= 11 is 0. The monoisotopic (exact) mass is 286 g/mol. The smallest absolute Gasteiger partial charge is 0.271 e. The first-order valence-electron chi connectivity index (χ1n) is 7.44. The molecule has 2 rings (SSSR count). The van der Waals surface area contributed by atoms with Crippen molar-refractivity contribution in [3.63, 3.8) is 0 Å². The summed E-state index contributed by atoms with van der Waals surface area (Å²) in [4.78, 5) is 11.9. The number of nitrogens with zero attached hydrogens (tertiary/aromatic N) is 2. The molecule has 0 bridgehead atoms. The van der Waals surface area contributed by atoms with Crippen LogP contribution in [0.1, 0.15) is 42.6 Å². The summed E-state index contributed by atoms with van der Waals surface area (Å²) in [6, 6.07) is 3.42. The minimum atomic E-state index is -0.172. The number of allylic oxidation sites excluding steroid dienone is 1. The maximum absolute atomic E-state index is 11.9. The van der Waals surface area contributed by atoms with Gasteiger partial charge in [-0.1, -0.05) is 17.7 Å². The van der Waals surface area contributed by atoms with Crippen molar-refractivity contribution in [2.75, 3.05) is 18.4 Å². The Morgan fingerprint density at radius 3 is 2.90 bits per heavy atom. The van der Waals surface area contributed by atoms with Gasteiger partial charge in [-0.05, 0) is 44.2 Å². The van der Waals surface area contributed by atoms with Gasteiger partial charge in [0.05, 0.1) is 0 Å². The molecular weight excluding hydrogens is 264 g/mol. The summed E-state index contributed by atoms with van der Waals surface area (Å²) in [6.07, 6.45) is 9.87. The molecular formula is C16H22N4O. The first-order chi connectivity index (χ1) is 10.3. The molecule has 0 saturated heterocycles. The molecule has 0 aliphatic heterocycles. The van der Waals surface area contributed by atoms with E-state index in [1.54, 1.807) is 18.2 Å². The number of amides is 1. The average Bonchev–Trinajstić information content (AvgIpc) is 2.54. The second kappa shape index (κ2) is 8.19. The minimum Gasteiger partial charge on any atom is -0.365 e. The van der Waals surface area contributed by atoms with E-state index in [1.165, 1.54) is 31.3 Å². The first kappa shape index (κ1) is 15.2. The van der Waals surface area contributed by atoms with E-state index in [0.717, 1.165) is 6.42 Å². The standard InChI is InChI=1S/C16H22N4O/c1-2-11-17-15-9-8-14(19-20-15)16(21)18-12-10-13-6-4-3-5-7-13/h2,6,8-9H,1,3-5,7,10-12H2,(H,17,20)(H,18,21). The van der Waals surface area contributed by atoms with Gasteiger partial charge in [0, 0.05) is 13.1 Å². The van der Waals surface area contributed by atoms with Crippen LogP contribution in [0.15, 0.2) is 36.4 Å². The number of nitrogens with one attached hydrogen (secondary N) is 2. The lowest BCUT2D eigenvalue weighted by molar-refractivity contribution is 0.0948. The Kier molecular flexibility index (Phi) is 5.94. The predicted molar refractivity (Wildman–Crippen MR) is 84.2 cm³/mol. The van der Waals surface area contributed by atoms with Crippen molar-refractivity contribution in [1.29, 1.82) is 0 Å². The lowest BCUT2D eigenvalue weighted by atomic mass is 9.97. The van der Waals surface area contributed by atoms with Gasteiger partial charge in [0.2, 0.25) is 0 Å². The van der Waals surface area contributed by atoms with E-state index < -0.39 is 0 Å². The zero-order valence-electron chi connectivity index (χ0n) is 12.3. The predicted octanol–water partition coefficient (Wildman–Crippen LogP) is 2.69. The third-order valence-electron chi connectivity index (χ3n) is 3.44. The molecule has 0 aromatic carbocycles. The fourth-order valence-corrected chi connectivity index (χ4v) is 2.28. The molecule has 5 nitrogen and oxygen atoms in total. The second-order valence-corrected chi connectivity index (χ2v) is 5.09. The van der Waals surface area contributed by atoms with Crippen molar-refractivity contribution >= 4 is 11.7 Å². The number of anilines is 1. The highest BCUT2D eigenvalue weighted by Gasteiger charge is 2.08. The zero-order chi connectivity index (χ0) is 14.9. The Balaban J connectivity index is 1.77. The fourth-order valence-electron chi connectivity index (χ4n) is 2.28. The van der Waals surface area contributed by atoms with E-state index in [4.69, 9.17) is 0 Å². The highest BCUT2D eigenvalue weighted by Crippen LogP contribution is 2.19. The van der Waals surface area contributed by atoms with Gasteiger partial charge in [0.1, 0.15) is 5.82 Å². The SMILES string of the molecule is C=CCNc1ccc(C(=O)NCCC2=CCCCC2)nn1. The van der Waals surface area contributed by atoms with E-state index in [1.807, 2.05) is 0 Å². The third-order valence-corrected chi connectivity index (χ3v) is 3.44. The Morgan fingerprint density at radius 2 is 2.24 bits per heavy atom. The van der Waals surface area contributed by atoms with E-state index in [9.17, 15) is 4.79 Å². The van der Waals surface area contributed by atoms with Crippen LogP contribution in [0.2, 0.25) is 0 Å². The Hall–Kier alpha value is -2.17. The zero-order valence-corrected chi connectivity index (χ0v) is 12.3. The van der Waals surface area contributed by atoms with Gasteiger partial charge >= 0.3 is 0 Å². The first-order valence-corrected chi connectivity index (χ1v) is 7.44. The van der Waals surface area contributed by atoms with Crippen LogP contribution >= 0.6 is 0 Å². The Labute approximate surface area is 125 Å². The van der Waals surface area contributed by atoms with Gasteiger partial charge in [-0.25, -0.2) is 0 Å². The molecule has 5 heteroatoms. The molecule has 1 heterocycles. The van der Waals surface area contributed by atoms with Crippen LogP contribution in [0, 0.1) is 0 Å². The molecule has 1 amide bonds. The minimum absolute atomic E-state index is 0.172. The summed E-state index contributed by atoms with van der Waals surface area (Å²) in [6.45, 7) is 4.89. The van der Waals surface area contributed by atoms with E-state index in [2.05, 4.69) is 33.5 Å². The maximum atomic E-state index is 11.9. The molecule has 1 aromatic rings. The van der Waals surface area contributed by atoms with Gasteiger partial charge in [-0.3, -0.25) is 4.79 Å². The van der Waals surface area contributed by atoms with Crippen LogP contribution in [0.5, 0.6) is 0 Å². The molecule has 0 fully saturated rings. The van der Waals surface area contributed by atoms with Crippen LogP contribution in [0.4, 0.5) is 5.82 Å². The van der Waals surface area contributed by atoms with Crippen LogP contribution in [0.25, 0.3) is 0 Å². The molecule has 1 aliphatic carbocycles. The van der Waals surface area contributed by atoms with Crippen LogP contribution in [-0.2, 0) is 0 Å². The molecule has 0 unspecified atom stereocenters. The van der Waals surface area contributed by atoms with Crippen LogP contribution < -0.4 is 10.6 Å². The topological polar surface area (TPSA) is 66.9 Å². The molecule has 0 radical (unpaired) electrons. The molecule has 1 aliphatic rings. The van der Waals surface area contributed by atoms with Crippen molar-refractivity contribution in [1.82, 2.24) is 15.5 Å². The van der Waals surface area contributed by atoms with Crippen molar-refractivity contribution in [2.24, 2.45) is 0 Å². The van der Waals surface area contributed by atoms with E-state index in [-0.39, 0.29) is 5.91 Å². The van der Waals surface area contributed by atoms with Gasteiger partial charge in [0.25, 0.3) is 5.91 Å². The Morgan fingerprint density at radius 1 is 1.33 bits per heavy atom. The van der Waals surface area contributed by atoms with Gasteiger partial charge in [-0.2, -0.15) is 0 Å². The summed E-state index contributed by atoms with van der Waals surface area (Å²) in [5, 5.41) is 13.8. The third kappa shape index (κ3) is 5.02. The quantitative estimate of drug-likeness (QED) is 0.756. The normalized spacial score (nSPS) is 14.2. The van der Waals surface area contributed by atoms with E-state index in [0.29, 0.717) is 24.6 Å². The molecule has 112 valence electrons. The highest BCUT2D eigenvalue weighted by atomic mass is 16.1. The lowest BCUT2D eigenvalue weighted by Gasteiger charge is -2.12.